The number of para-hydroxylation sites is 1. The second-order valence-corrected chi connectivity index (χ2v) is 29.0. The summed E-state index contributed by atoms with van der Waals surface area (Å²) in [5, 5.41) is 28.2. The van der Waals surface area contributed by atoms with E-state index in [4.69, 9.17) is 43.6 Å². The van der Waals surface area contributed by atoms with Gasteiger partial charge in [-0.3, -0.25) is 33.6 Å². The van der Waals surface area contributed by atoms with E-state index in [1.165, 1.54) is 19.1 Å². The molecule has 4 aliphatic carbocycles. The summed E-state index contributed by atoms with van der Waals surface area (Å²) in [6, 6.07) is 25.4. The summed E-state index contributed by atoms with van der Waals surface area (Å²) in [6.07, 6.45) is -0.563. The molecule has 1 saturated heterocycles. The number of aliphatic hydroxyl groups excluding tert-OH is 1. The molecule has 8 amide bonds. The molecule has 0 bridgehead atoms. The van der Waals surface area contributed by atoms with Gasteiger partial charge in [0.25, 0.3) is 0 Å². The van der Waals surface area contributed by atoms with Crippen LogP contribution in [0.5, 0.6) is 5.75 Å². The van der Waals surface area contributed by atoms with Gasteiger partial charge in [-0.1, -0.05) is 107 Å². The molecule has 0 radical (unpaired) electrons. The zero-order valence-corrected chi connectivity index (χ0v) is 62.3. The zero-order valence-electron chi connectivity index (χ0n) is 62.3. The second kappa shape index (κ2) is 37.8. The Labute approximate surface area is 633 Å². The van der Waals surface area contributed by atoms with Crippen molar-refractivity contribution in [1.29, 1.82) is 0 Å². The third-order valence-corrected chi connectivity index (χ3v) is 21.4. The number of nitrogens with two attached hydrogens (primary N) is 1. The average molecular weight is 1510 g/mol. The number of halogens is 2. The van der Waals surface area contributed by atoms with Crippen molar-refractivity contribution in [2.75, 3.05) is 82.8 Å². The number of anilines is 2. The number of ketones is 2. The number of amides is 8. The maximum atomic E-state index is 18.0. The number of alkyl carbamates (subject to hydrolysis) is 1. The quantitative estimate of drug-likeness (QED) is 0.0158. The van der Waals surface area contributed by atoms with Crippen molar-refractivity contribution in [2.45, 2.75) is 167 Å². The van der Waals surface area contributed by atoms with Crippen LogP contribution in [0, 0.1) is 40.4 Å². The highest BCUT2D eigenvalue weighted by Gasteiger charge is 2.80. The molecule has 586 valence electrons. The number of carbonyl (C=O) groups excluding carboxylic acids is 9. The fourth-order valence-electron chi connectivity index (χ4n) is 15.8. The lowest BCUT2D eigenvalue weighted by Gasteiger charge is -2.63. The van der Waals surface area contributed by atoms with E-state index in [0.29, 0.717) is 67.5 Å². The van der Waals surface area contributed by atoms with Gasteiger partial charge in [-0.2, -0.15) is 0 Å². The van der Waals surface area contributed by atoms with Crippen LogP contribution < -0.4 is 47.3 Å². The Kier molecular flexibility index (Phi) is 28.4. The number of benzene rings is 4. The number of fused-ring (bicyclic) bond motifs is 9. The molecule has 12 atom stereocenters. The number of nitrogens with one attached hydrogen (secondary N) is 6. The number of aliphatic hydroxyl groups is 1. The largest absolute Gasteiger partial charge is 0.486 e. The molecule has 4 aromatic rings. The lowest BCUT2D eigenvalue weighted by Crippen LogP contribution is -2.71. The first-order valence-corrected chi connectivity index (χ1v) is 37.4. The monoisotopic (exact) mass is 1510 g/mol. The Morgan fingerprint density at radius 3 is 2.12 bits per heavy atom. The summed E-state index contributed by atoms with van der Waals surface area (Å²) in [7, 11) is 0. The van der Waals surface area contributed by atoms with Crippen LogP contribution >= 0.6 is 0 Å². The van der Waals surface area contributed by atoms with Crippen LogP contribution in [0.4, 0.5) is 29.7 Å². The van der Waals surface area contributed by atoms with Crippen molar-refractivity contribution in [3.05, 3.63) is 149 Å². The van der Waals surface area contributed by atoms with Gasteiger partial charge in [-0.05, 0) is 134 Å². The lowest BCUT2D eigenvalue weighted by atomic mass is 9.44. The van der Waals surface area contributed by atoms with Crippen LogP contribution in [-0.4, -0.2) is 179 Å². The van der Waals surface area contributed by atoms with Gasteiger partial charge in [0, 0.05) is 72.5 Å². The molecule has 2 heterocycles. The molecule has 4 aromatic carbocycles. The fourth-order valence-corrected chi connectivity index (χ4v) is 15.8. The van der Waals surface area contributed by atoms with E-state index >= 15 is 8.78 Å². The standard InChI is InChI=1S/C81H100F2N8O18/c1-6-12-72-108-68-45-60-61-44-63(82)62-43-58(92)30-32-78(62,4)80(61,83)66(93)46-79(60,5)81(68,109-72)67(94)50-106-59-26-20-52(21-27-59)47-87-77(101)107-49-53-18-24-57(25-19-53)88-74(98)64(16-11-33-86-76(84)100)89-75(99)73(51(2)3)90-70(96)31-35-102-37-39-104-41-42-105-40-38-103-36-34-85-69(95)28-29-71(97)91-48-56-15-8-7-13-54(56)22-23-55-14-9-10-17-65(55)91/h7-10,13-15,17-21,24-27,30,32,43,51,60-61,63-64,66,68,72-73,93H,6,11-12,16,28-29,31,33-42,44-50H2,1-5H3,(H,85,95)(H,87,101)(H,88,98)(H,89,99)(H,90,96)(H3,84,86,100)/t60-,61-,63-,64-,66-,68+,72?,73-,78-,79-,80-,81+/m0/s1. The van der Waals surface area contributed by atoms with E-state index in [1.54, 1.807) is 74.2 Å². The van der Waals surface area contributed by atoms with Crippen molar-refractivity contribution in [3.63, 3.8) is 0 Å². The number of primary amides is 1. The third-order valence-electron chi connectivity index (χ3n) is 21.4. The van der Waals surface area contributed by atoms with Gasteiger partial charge in [-0.25, -0.2) is 18.4 Å². The van der Waals surface area contributed by atoms with Crippen LogP contribution in [0.2, 0.25) is 0 Å². The van der Waals surface area contributed by atoms with Crippen molar-refractivity contribution in [1.82, 2.24) is 26.6 Å². The number of alkyl halides is 2. The van der Waals surface area contributed by atoms with Crippen LogP contribution in [0.25, 0.3) is 0 Å². The minimum absolute atomic E-state index is 0.0105. The number of allylic oxidation sites excluding steroid dienone is 4. The number of hydrogen-bond acceptors (Lipinski definition) is 18. The molecule has 9 N–H and O–H groups in total. The summed E-state index contributed by atoms with van der Waals surface area (Å²) < 4.78 is 81.1. The van der Waals surface area contributed by atoms with E-state index in [-0.39, 0.29) is 134 Å². The molecule has 3 saturated carbocycles. The van der Waals surface area contributed by atoms with Crippen molar-refractivity contribution >= 4 is 64.6 Å². The predicted octanol–water partition coefficient (Wildman–Crippen LogP) is 7.58. The number of carbonyl (C=O) groups is 9. The molecule has 28 heteroatoms. The Morgan fingerprint density at radius 1 is 0.743 bits per heavy atom. The third kappa shape index (κ3) is 19.8. The molecular formula is C81H100F2N8O18. The first-order valence-electron chi connectivity index (χ1n) is 37.4. The molecule has 109 heavy (non-hydrogen) atoms. The van der Waals surface area contributed by atoms with Gasteiger partial charge in [0.1, 0.15) is 37.2 Å². The summed E-state index contributed by atoms with van der Waals surface area (Å²) in [6.45, 7) is 10.9. The van der Waals surface area contributed by atoms with Gasteiger partial charge in [0.15, 0.2) is 23.3 Å². The highest BCUT2D eigenvalue weighted by atomic mass is 19.1. The van der Waals surface area contributed by atoms with Gasteiger partial charge in [-0.15, -0.1) is 0 Å². The minimum Gasteiger partial charge on any atom is -0.486 e. The SMILES string of the molecule is CCCC1O[C@@H]2C[C@H]3[C@@H]4C[C@H](F)C5=CC(=O)C=C[C@]5(C)[C@@]4(F)[C@@H](O)C[C@]3(C)[C@]2(C(=O)COc2ccc(CNC(=O)OCc3ccc(NC(=O)[C@H](CCCNC(N)=O)NC(=O)[C@@H](NC(=O)CCOCCOCCOCCOCCNC(=O)CCC(=O)N4Cc5ccccc5C#Cc5ccccc54)C(C)C)cc3)cc2)O1. The molecule has 2 aliphatic heterocycles. The maximum absolute atomic E-state index is 18.0. The van der Waals surface area contributed by atoms with E-state index < -0.39 is 119 Å². The van der Waals surface area contributed by atoms with E-state index in [2.05, 4.69) is 43.7 Å². The Balaban J connectivity index is 0.586. The summed E-state index contributed by atoms with van der Waals surface area (Å²) >= 11 is 0. The van der Waals surface area contributed by atoms with Crippen molar-refractivity contribution < 1.29 is 94.9 Å². The average Bonchev–Trinajstić information content (AvgIpc) is 1.54. The number of hydrogen-bond donors (Lipinski definition) is 8. The van der Waals surface area contributed by atoms with Crippen molar-refractivity contribution in [2.24, 2.45) is 34.3 Å². The summed E-state index contributed by atoms with van der Waals surface area (Å²) in [5.74, 6) is 1.70. The molecule has 0 aromatic heterocycles. The minimum atomic E-state index is -2.34. The fraction of sp³-hybridized carbons (Fsp3) is 0.519. The first-order chi connectivity index (χ1) is 52.4. The smallest absolute Gasteiger partial charge is 0.407 e. The molecule has 26 nitrogen and oxygen atoms in total. The van der Waals surface area contributed by atoms with Gasteiger partial charge in [0.05, 0.1) is 77.3 Å². The highest BCUT2D eigenvalue weighted by molar-refractivity contribution is 6.02. The first kappa shape index (κ1) is 82.0. The topological polar surface area (TPSA) is 349 Å². The number of urea groups is 1. The molecule has 10 rings (SSSR count). The Hall–Kier alpha value is -9.47. The summed E-state index contributed by atoms with van der Waals surface area (Å²) in [4.78, 5) is 120. The number of Topliss-reactive ketones (excluding diaryl/α,β-unsaturated/α-hetero) is 1. The zero-order chi connectivity index (χ0) is 77.9. The number of ether oxygens (including phenoxy) is 8. The van der Waals surface area contributed by atoms with E-state index in [1.807, 2.05) is 55.5 Å². The molecule has 6 aliphatic rings. The van der Waals surface area contributed by atoms with Gasteiger partial charge >= 0.3 is 12.1 Å². The van der Waals surface area contributed by atoms with Crippen LogP contribution in [0.3, 0.4) is 0 Å². The highest BCUT2D eigenvalue weighted by Crippen LogP contribution is 2.72. The van der Waals surface area contributed by atoms with E-state index in [9.17, 15) is 48.3 Å². The van der Waals surface area contributed by atoms with Gasteiger partial charge < -0.3 is 85.5 Å². The van der Waals surface area contributed by atoms with Crippen LogP contribution in [0.1, 0.15) is 127 Å². The maximum Gasteiger partial charge on any atom is 0.407 e. The number of rotatable bonds is 38. The molecule has 1 unspecified atom stereocenters. The van der Waals surface area contributed by atoms with E-state index in [0.717, 1.165) is 22.8 Å². The molecule has 4 fully saturated rings. The van der Waals surface area contributed by atoms with Gasteiger partial charge in [0.2, 0.25) is 35.3 Å². The van der Waals surface area contributed by atoms with Crippen LogP contribution in [-0.2, 0) is 86.4 Å². The van der Waals surface area contributed by atoms with Crippen LogP contribution in [0.15, 0.2) is 121 Å². The normalized spacial score (nSPS) is 24.6. The summed E-state index contributed by atoms with van der Waals surface area (Å²) in [5.41, 5.74) is 3.38. The Morgan fingerprint density at radius 2 is 1.41 bits per heavy atom. The lowest BCUT2D eigenvalue weighted by molar-refractivity contribution is -0.234. The van der Waals surface area contributed by atoms with Crippen molar-refractivity contribution in [3.8, 4) is 17.6 Å². The number of nitrogens with zero attached hydrogens (tertiary/aromatic N) is 1. The molecular weight excluding hydrogens is 1410 g/mol. The molecule has 0 spiro atoms. The second-order valence-electron chi connectivity index (χ2n) is 29.0. The predicted molar refractivity (Wildman–Crippen MR) is 396 cm³/mol. The Bertz CT molecular complexity index is 4040.